The Kier molecular flexibility index (Phi) is 4.25. The summed E-state index contributed by atoms with van der Waals surface area (Å²) in [7, 11) is 0. The Bertz CT molecular complexity index is 712. The van der Waals surface area contributed by atoms with Crippen LogP contribution in [0.15, 0.2) is 59.7 Å². The van der Waals surface area contributed by atoms with Crippen LogP contribution in [0, 0.1) is 5.92 Å². The van der Waals surface area contributed by atoms with Gasteiger partial charge in [-0.2, -0.15) is 5.10 Å². The fourth-order valence-electron chi connectivity index (χ4n) is 2.59. The van der Waals surface area contributed by atoms with Crippen LogP contribution in [0.5, 0.6) is 0 Å². The minimum atomic E-state index is -0.0275. The van der Waals surface area contributed by atoms with E-state index in [0.29, 0.717) is 16.7 Å². The smallest absolute Gasteiger partial charge is 0.243 e. The first-order valence-corrected chi connectivity index (χ1v) is 7.68. The number of nitrogens with zero attached hydrogens (tertiary/aromatic N) is 1. The van der Waals surface area contributed by atoms with E-state index in [2.05, 4.69) is 22.7 Å². The first kappa shape index (κ1) is 14.8. The van der Waals surface area contributed by atoms with Crippen LogP contribution >= 0.6 is 11.6 Å². The van der Waals surface area contributed by atoms with Gasteiger partial charge in [0, 0.05) is 16.5 Å². The molecule has 4 heteroatoms. The number of hydrazone groups is 1. The molecule has 3 rings (SSSR count). The molecule has 22 heavy (non-hydrogen) atoms. The summed E-state index contributed by atoms with van der Waals surface area (Å²) in [4.78, 5) is 12.2. The van der Waals surface area contributed by atoms with Gasteiger partial charge >= 0.3 is 0 Å². The van der Waals surface area contributed by atoms with Crippen molar-refractivity contribution in [2.75, 3.05) is 0 Å². The van der Waals surface area contributed by atoms with Crippen molar-refractivity contribution in [1.82, 2.24) is 5.43 Å². The second-order valence-corrected chi connectivity index (χ2v) is 5.92. The Balaban J connectivity index is 1.62. The zero-order chi connectivity index (χ0) is 15.5. The summed E-state index contributed by atoms with van der Waals surface area (Å²) in [5, 5.41) is 4.81. The second kappa shape index (κ2) is 6.32. The Hall–Kier alpha value is -2.13. The quantitative estimate of drug-likeness (QED) is 0.673. The van der Waals surface area contributed by atoms with Gasteiger partial charge in [0.1, 0.15) is 0 Å². The number of benzene rings is 2. The molecule has 3 nitrogen and oxygen atoms in total. The van der Waals surface area contributed by atoms with E-state index in [1.54, 1.807) is 0 Å². The highest BCUT2D eigenvalue weighted by molar-refractivity contribution is 6.34. The zero-order valence-electron chi connectivity index (χ0n) is 12.3. The number of carbonyl (C=O) groups is 1. The average Bonchev–Trinajstić information content (AvgIpc) is 3.34. The summed E-state index contributed by atoms with van der Waals surface area (Å²) in [6.45, 7) is 1.84. The molecule has 112 valence electrons. The van der Waals surface area contributed by atoms with Crippen LogP contribution in [0.3, 0.4) is 0 Å². The molecule has 0 saturated heterocycles. The van der Waals surface area contributed by atoms with E-state index in [4.69, 9.17) is 11.6 Å². The zero-order valence-corrected chi connectivity index (χ0v) is 13.0. The van der Waals surface area contributed by atoms with Crippen molar-refractivity contribution < 1.29 is 4.79 Å². The van der Waals surface area contributed by atoms with Crippen molar-refractivity contribution in [3.63, 3.8) is 0 Å². The predicted molar refractivity (Wildman–Crippen MR) is 89.1 cm³/mol. The van der Waals surface area contributed by atoms with E-state index in [1.165, 1.54) is 5.56 Å². The number of carbonyl (C=O) groups excluding carboxylic acids is 1. The van der Waals surface area contributed by atoms with Crippen molar-refractivity contribution >= 4 is 23.2 Å². The molecule has 0 bridgehead atoms. The third-order valence-electron chi connectivity index (χ3n) is 3.95. The lowest BCUT2D eigenvalue weighted by Crippen LogP contribution is -2.21. The van der Waals surface area contributed by atoms with Crippen molar-refractivity contribution in [2.45, 2.75) is 19.3 Å². The minimum Gasteiger partial charge on any atom is -0.273 e. The first-order chi connectivity index (χ1) is 10.7. The number of nitrogens with one attached hydrogen (secondary N) is 1. The fourth-order valence-corrected chi connectivity index (χ4v) is 2.86. The van der Waals surface area contributed by atoms with Crippen molar-refractivity contribution in [1.29, 1.82) is 0 Å². The molecule has 0 radical (unpaired) electrons. The summed E-state index contributed by atoms with van der Waals surface area (Å²) >= 11 is 6.12. The number of hydrogen-bond donors (Lipinski definition) is 1. The third kappa shape index (κ3) is 3.20. The summed E-state index contributed by atoms with van der Waals surface area (Å²) in [6, 6.07) is 17.6. The molecule has 0 aromatic heterocycles. The highest BCUT2D eigenvalue weighted by Gasteiger charge is 2.43. The number of rotatable bonds is 4. The van der Waals surface area contributed by atoms with Gasteiger partial charge in [-0.1, -0.05) is 60.1 Å². The van der Waals surface area contributed by atoms with E-state index in [-0.39, 0.29) is 11.8 Å². The topological polar surface area (TPSA) is 41.5 Å². The molecule has 0 spiro atoms. The Morgan fingerprint density at radius 1 is 1.14 bits per heavy atom. The molecular weight excluding hydrogens is 296 g/mol. The molecule has 1 amide bonds. The van der Waals surface area contributed by atoms with Crippen molar-refractivity contribution in [3.8, 4) is 0 Å². The van der Waals surface area contributed by atoms with Crippen LogP contribution in [-0.2, 0) is 4.79 Å². The van der Waals surface area contributed by atoms with Gasteiger partial charge in [0.25, 0.3) is 0 Å². The molecule has 0 heterocycles. The van der Waals surface area contributed by atoms with Gasteiger partial charge in [-0.3, -0.25) is 4.79 Å². The van der Waals surface area contributed by atoms with E-state index in [9.17, 15) is 4.79 Å². The van der Waals surface area contributed by atoms with Crippen molar-refractivity contribution in [2.24, 2.45) is 11.0 Å². The van der Waals surface area contributed by atoms with Crippen LogP contribution < -0.4 is 5.43 Å². The molecule has 1 aliphatic rings. The van der Waals surface area contributed by atoms with Gasteiger partial charge in [-0.15, -0.1) is 0 Å². The molecule has 0 aliphatic heterocycles. The normalized spacial score (nSPS) is 20.5. The lowest BCUT2D eigenvalue weighted by molar-refractivity contribution is -0.122. The molecule has 2 aromatic rings. The standard InChI is InChI=1S/C18H17ClN2O/c1-12(14-9-5-6-10-17(14)19)20-21-18(22)16-11-15(16)13-7-3-2-4-8-13/h2-10,15-16H,11H2,1H3,(H,21,22)/b20-12-/t15-,16-/m0/s1. The molecule has 1 saturated carbocycles. The van der Waals surface area contributed by atoms with Crippen LogP contribution in [0.4, 0.5) is 0 Å². The maximum absolute atomic E-state index is 12.2. The van der Waals surface area contributed by atoms with Gasteiger partial charge in [-0.05, 0) is 30.9 Å². The van der Waals surface area contributed by atoms with Gasteiger partial charge in [0.2, 0.25) is 5.91 Å². The van der Waals surface area contributed by atoms with Crippen molar-refractivity contribution in [3.05, 3.63) is 70.7 Å². The molecule has 1 N–H and O–H groups in total. The Morgan fingerprint density at radius 3 is 2.55 bits per heavy atom. The molecule has 2 aromatic carbocycles. The minimum absolute atomic E-state index is 0.0187. The Labute approximate surface area is 135 Å². The van der Waals surface area contributed by atoms with Crippen LogP contribution in [0.25, 0.3) is 0 Å². The van der Waals surface area contributed by atoms with Crippen LogP contribution in [-0.4, -0.2) is 11.6 Å². The largest absolute Gasteiger partial charge is 0.273 e. The highest BCUT2D eigenvalue weighted by atomic mass is 35.5. The molecule has 0 unspecified atom stereocenters. The number of amides is 1. The first-order valence-electron chi connectivity index (χ1n) is 7.31. The third-order valence-corrected chi connectivity index (χ3v) is 4.28. The molecule has 1 aliphatic carbocycles. The van der Waals surface area contributed by atoms with E-state index >= 15 is 0 Å². The van der Waals surface area contributed by atoms with E-state index < -0.39 is 0 Å². The lowest BCUT2D eigenvalue weighted by atomic mass is 10.1. The van der Waals surface area contributed by atoms with E-state index in [1.807, 2.05) is 49.4 Å². The van der Waals surface area contributed by atoms with Gasteiger partial charge < -0.3 is 0 Å². The monoisotopic (exact) mass is 312 g/mol. The maximum Gasteiger partial charge on any atom is 0.243 e. The second-order valence-electron chi connectivity index (χ2n) is 5.51. The SMILES string of the molecule is C/C(=N/NC(=O)[C@H]1C[C@H]1c1ccccc1)c1ccccc1Cl. The van der Waals surface area contributed by atoms with Gasteiger partial charge in [0.05, 0.1) is 5.71 Å². The Morgan fingerprint density at radius 2 is 1.82 bits per heavy atom. The lowest BCUT2D eigenvalue weighted by Gasteiger charge is -2.04. The van der Waals surface area contributed by atoms with Gasteiger partial charge in [-0.25, -0.2) is 5.43 Å². The summed E-state index contributed by atoms with van der Waals surface area (Å²) in [5.41, 5.74) is 5.42. The summed E-state index contributed by atoms with van der Waals surface area (Å²) in [6.07, 6.45) is 0.885. The molecular formula is C18H17ClN2O. The van der Waals surface area contributed by atoms with Gasteiger partial charge in [0.15, 0.2) is 0 Å². The van der Waals surface area contributed by atoms with Crippen LogP contribution in [0.1, 0.15) is 30.4 Å². The van der Waals surface area contributed by atoms with Crippen LogP contribution in [0.2, 0.25) is 5.02 Å². The summed E-state index contributed by atoms with van der Waals surface area (Å²) in [5.74, 6) is 0.308. The number of halogens is 1. The van der Waals surface area contributed by atoms with E-state index in [0.717, 1.165) is 12.0 Å². The number of hydrogen-bond acceptors (Lipinski definition) is 2. The molecule has 1 fully saturated rings. The maximum atomic E-state index is 12.2. The predicted octanol–water partition coefficient (Wildman–Crippen LogP) is 3.98. The molecule has 2 atom stereocenters. The fraction of sp³-hybridized carbons (Fsp3) is 0.222. The average molecular weight is 313 g/mol. The highest BCUT2D eigenvalue weighted by Crippen LogP contribution is 2.47. The summed E-state index contributed by atoms with van der Waals surface area (Å²) < 4.78 is 0.